The first-order valence-electron chi connectivity index (χ1n) is 12.6. The molecule has 0 bridgehead atoms. The molecule has 190 valence electrons. The molecule has 3 aromatic rings. The van der Waals surface area contributed by atoms with E-state index in [-0.39, 0.29) is 11.3 Å². The third-order valence-corrected chi connectivity index (χ3v) is 6.63. The van der Waals surface area contributed by atoms with E-state index >= 15 is 0 Å². The number of hydrogen-bond donors (Lipinski definition) is 2. The normalized spacial score (nSPS) is 14.9. The van der Waals surface area contributed by atoms with Crippen LogP contribution in [0.4, 0.5) is 11.5 Å². The molecule has 1 aliphatic heterocycles. The van der Waals surface area contributed by atoms with Gasteiger partial charge in [0.2, 0.25) is 5.88 Å². The molecule has 3 heterocycles. The van der Waals surface area contributed by atoms with Gasteiger partial charge in [-0.3, -0.25) is 4.79 Å². The van der Waals surface area contributed by atoms with Crippen LogP contribution in [0.1, 0.15) is 55.1 Å². The summed E-state index contributed by atoms with van der Waals surface area (Å²) in [6.07, 6.45) is 5.75. The molecular weight excluding hydrogens is 450 g/mol. The molecule has 0 aliphatic carbocycles. The summed E-state index contributed by atoms with van der Waals surface area (Å²) in [5, 5.41) is 6.29. The maximum absolute atomic E-state index is 13.0. The van der Waals surface area contributed by atoms with Crippen LogP contribution in [0.3, 0.4) is 0 Å². The molecule has 1 saturated heterocycles. The second kappa shape index (κ2) is 11.5. The molecular formula is C29H37N5O2. The van der Waals surface area contributed by atoms with E-state index < -0.39 is 0 Å². The summed E-state index contributed by atoms with van der Waals surface area (Å²) in [5.74, 6) is 1.54. The molecule has 1 aromatic carbocycles. The Morgan fingerprint density at radius 3 is 2.53 bits per heavy atom. The molecule has 2 N–H and O–H groups in total. The third kappa shape index (κ3) is 7.04. The average Bonchev–Trinajstić information content (AvgIpc) is 2.87. The van der Waals surface area contributed by atoms with E-state index in [4.69, 9.17) is 4.74 Å². The molecule has 4 rings (SSSR count). The lowest BCUT2D eigenvalue weighted by atomic mass is 9.87. The first-order valence-corrected chi connectivity index (χ1v) is 12.6. The lowest BCUT2D eigenvalue weighted by Crippen LogP contribution is -2.32. The zero-order valence-corrected chi connectivity index (χ0v) is 21.8. The Labute approximate surface area is 214 Å². The van der Waals surface area contributed by atoms with Crippen LogP contribution in [0.2, 0.25) is 0 Å². The summed E-state index contributed by atoms with van der Waals surface area (Å²) in [6.45, 7) is 9.94. The number of benzene rings is 1. The van der Waals surface area contributed by atoms with Gasteiger partial charge in [0, 0.05) is 30.7 Å². The topological polar surface area (TPSA) is 79.4 Å². The fraction of sp³-hybridized carbons (Fsp3) is 0.414. The number of piperidine rings is 1. The number of amides is 1. The predicted octanol–water partition coefficient (Wildman–Crippen LogP) is 5.36. The Balaban J connectivity index is 1.35. The lowest BCUT2D eigenvalue weighted by Gasteiger charge is -2.28. The van der Waals surface area contributed by atoms with Crippen molar-refractivity contribution in [2.75, 3.05) is 37.4 Å². The van der Waals surface area contributed by atoms with Crippen LogP contribution in [-0.2, 0) is 12.0 Å². The number of nitrogens with one attached hydrogen (secondary N) is 2. The summed E-state index contributed by atoms with van der Waals surface area (Å²) in [6, 6.07) is 15.4. The van der Waals surface area contributed by atoms with Gasteiger partial charge >= 0.3 is 0 Å². The molecule has 0 spiro atoms. The molecule has 2 aromatic heterocycles. The summed E-state index contributed by atoms with van der Waals surface area (Å²) in [4.78, 5) is 24.1. The molecule has 1 aliphatic rings. The van der Waals surface area contributed by atoms with Crippen molar-refractivity contribution in [1.82, 2.24) is 14.9 Å². The van der Waals surface area contributed by atoms with E-state index in [1.54, 1.807) is 24.5 Å². The molecule has 0 saturated carbocycles. The third-order valence-electron chi connectivity index (χ3n) is 6.63. The van der Waals surface area contributed by atoms with Crippen LogP contribution in [0.15, 0.2) is 60.9 Å². The van der Waals surface area contributed by atoms with E-state index in [0.29, 0.717) is 36.3 Å². The van der Waals surface area contributed by atoms with Gasteiger partial charge < -0.3 is 20.3 Å². The number of aromatic nitrogens is 2. The second-order valence-corrected chi connectivity index (χ2v) is 10.6. The number of nitrogens with zero attached hydrogens (tertiary/aromatic N) is 3. The SMILES string of the molecule is CN1CCC(COc2cc(CNc3ncccc3C(=O)Nc3ccc(C(C)(C)C)cc3)ccn2)CC1. The Hall–Kier alpha value is -3.45. The van der Waals surface area contributed by atoms with Crippen molar-refractivity contribution in [3.8, 4) is 5.88 Å². The Morgan fingerprint density at radius 1 is 1.06 bits per heavy atom. The Morgan fingerprint density at radius 2 is 1.81 bits per heavy atom. The van der Waals surface area contributed by atoms with Gasteiger partial charge in [-0.15, -0.1) is 0 Å². The number of rotatable bonds is 8. The highest BCUT2D eigenvalue weighted by Crippen LogP contribution is 2.24. The first kappa shape index (κ1) is 25.6. The van der Waals surface area contributed by atoms with Crippen molar-refractivity contribution in [2.45, 2.75) is 45.6 Å². The standard InChI is InChI=1S/C29H37N5O2/c1-29(2,3)23-7-9-24(10-8-23)33-28(35)25-6-5-14-31-27(25)32-19-22-11-15-30-26(18-22)36-20-21-12-16-34(4)17-13-21/h5-11,14-15,18,21H,12-13,16-17,19-20H2,1-4H3,(H,31,32)(H,33,35). The molecule has 1 amide bonds. The van der Waals surface area contributed by atoms with Gasteiger partial charge in [-0.05, 0) is 85.8 Å². The van der Waals surface area contributed by atoms with Gasteiger partial charge in [-0.2, -0.15) is 0 Å². The lowest BCUT2D eigenvalue weighted by molar-refractivity contribution is 0.102. The fourth-order valence-corrected chi connectivity index (χ4v) is 4.24. The largest absolute Gasteiger partial charge is 0.477 e. The smallest absolute Gasteiger partial charge is 0.259 e. The Kier molecular flexibility index (Phi) is 8.21. The molecule has 0 radical (unpaired) electrons. The van der Waals surface area contributed by atoms with Crippen molar-refractivity contribution >= 4 is 17.4 Å². The number of likely N-dealkylation sites (tertiary alicyclic amines) is 1. The highest BCUT2D eigenvalue weighted by Gasteiger charge is 2.18. The molecule has 7 heteroatoms. The van der Waals surface area contributed by atoms with Crippen LogP contribution in [-0.4, -0.2) is 47.5 Å². The van der Waals surface area contributed by atoms with Crippen molar-refractivity contribution in [2.24, 2.45) is 5.92 Å². The average molecular weight is 488 g/mol. The van der Waals surface area contributed by atoms with Gasteiger partial charge in [0.1, 0.15) is 5.82 Å². The van der Waals surface area contributed by atoms with Gasteiger partial charge in [0.25, 0.3) is 5.91 Å². The first-order chi connectivity index (χ1) is 17.3. The van der Waals surface area contributed by atoms with Gasteiger partial charge in [0.15, 0.2) is 0 Å². The van der Waals surface area contributed by atoms with E-state index in [1.807, 2.05) is 36.4 Å². The van der Waals surface area contributed by atoms with Gasteiger partial charge in [-0.25, -0.2) is 9.97 Å². The van der Waals surface area contributed by atoms with Crippen LogP contribution in [0.25, 0.3) is 0 Å². The molecule has 0 unspecified atom stereocenters. The number of hydrogen-bond acceptors (Lipinski definition) is 6. The molecule has 0 atom stereocenters. The zero-order valence-electron chi connectivity index (χ0n) is 21.8. The zero-order chi connectivity index (χ0) is 25.5. The quantitative estimate of drug-likeness (QED) is 0.445. The number of carbonyl (C=O) groups excluding carboxylic acids is 1. The highest BCUT2D eigenvalue weighted by atomic mass is 16.5. The van der Waals surface area contributed by atoms with Gasteiger partial charge in [-0.1, -0.05) is 32.9 Å². The highest BCUT2D eigenvalue weighted by molar-refractivity contribution is 6.07. The predicted molar refractivity (Wildman–Crippen MR) is 145 cm³/mol. The monoisotopic (exact) mass is 487 g/mol. The van der Waals surface area contributed by atoms with Crippen molar-refractivity contribution in [3.05, 3.63) is 77.6 Å². The molecule has 1 fully saturated rings. The maximum atomic E-state index is 13.0. The summed E-state index contributed by atoms with van der Waals surface area (Å²) in [7, 11) is 2.16. The Bertz CT molecular complexity index is 1150. The second-order valence-electron chi connectivity index (χ2n) is 10.6. The van der Waals surface area contributed by atoms with Crippen molar-refractivity contribution < 1.29 is 9.53 Å². The fourth-order valence-electron chi connectivity index (χ4n) is 4.24. The van der Waals surface area contributed by atoms with Crippen LogP contribution in [0.5, 0.6) is 5.88 Å². The molecule has 36 heavy (non-hydrogen) atoms. The van der Waals surface area contributed by atoms with Crippen LogP contribution in [0, 0.1) is 5.92 Å². The van der Waals surface area contributed by atoms with E-state index in [0.717, 1.165) is 37.2 Å². The number of pyridine rings is 2. The van der Waals surface area contributed by atoms with Crippen molar-refractivity contribution in [1.29, 1.82) is 0 Å². The van der Waals surface area contributed by atoms with Crippen LogP contribution >= 0.6 is 0 Å². The number of ether oxygens (including phenoxy) is 1. The van der Waals surface area contributed by atoms with Crippen LogP contribution < -0.4 is 15.4 Å². The van der Waals surface area contributed by atoms with Crippen molar-refractivity contribution in [3.63, 3.8) is 0 Å². The summed E-state index contributed by atoms with van der Waals surface area (Å²) in [5.41, 5.74) is 3.54. The van der Waals surface area contributed by atoms with E-state index in [2.05, 4.69) is 53.3 Å². The van der Waals surface area contributed by atoms with E-state index in [1.165, 1.54) is 5.56 Å². The number of carbonyl (C=O) groups is 1. The summed E-state index contributed by atoms with van der Waals surface area (Å²) >= 11 is 0. The number of anilines is 2. The minimum Gasteiger partial charge on any atom is -0.477 e. The van der Waals surface area contributed by atoms with E-state index in [9.17, 15) is 4.79 Å². The minimum absolute atomic E-state index is 0.0632. The summed E-state index contributed by atoms with van der Waals surface area (Å²) < 4.78 is 5.99. The molecule has 7 nitrogen and oxygen atoms in total. The maximum Gasteiger partial charge on any atom is 0.259 e. The minimum atomic E-state index is -0.203. The van der Waals surface area contributed by atoms with Gasteiger partial charge in [0.05, 0.1) is 12.2 Å².